The van der Waals surface area contributed by atoms with E-state index in [1.165, 1.54) is 0 Å². The van der Waals surface area contributed by atoms with Gasteiger partial charge in [0.1, 0.15) is 0 Å². The number of hydrogen-bond donors (Lipinski definition) is 2. The maximum Gasteiger partial charge on any atom is 0.241 e. The Balaban J connectivity index is 1.89. The molecule has 1 saturated carbocycles. The van der Waals surface area contributed by atoms with Crippen LogP contribution in [0.2, 0.25) is 0 Å². The molecule has 2 aliphatic rings. The fraction of sp³-hybridized carbons (Fsp3) is 0.875. The third-order valence-corrected chi connectivity index (χ3v) is 5.69. The van der Waals surface area contributed by atoms with E-state index in [9.17, 15) is 9.59 Å². The van der Waals surface area contributed by atoms with Gasteiger partial charge in [-0.15, -0.1) is 0 Å². The summed E-state index contributed by atoms with van der Waals surface area (Å²) < 4.78 is 0. The van der Waals surface area contributed by atoms with Gasteiger partial charge in [-0.25, -0.2) is 0 Å². The highest BCUT2D eigenvalue weighted by molar-refractivity contribution is 5.86. The first-order chi connectivity index (χ1) is 9.84. The van der Waals surface area contributed by atoms with Crippen LogP contribution in [-0.2, 0) is 9.59 Å². The lowest BCUT2D eigenvalue weighted by Gasteiger charge is -2.46. The Hall–Kier alpha value is -1.10. The average Bonchev–Trinajstić information content (AvgIpc) is 2.96. The molecule has 1 saturated heterocycles. The summed E-state index contributed by atoms with van der Waals surface area (Å²) in [6.45, 7) is 8.14. The second-order valence-corrected chi connectivity index (χ2v) is 7.21. The minimum absolute atomic E-state index is 0.00583. The summed E-state index contributed by atoms with van der Waals surface area (Å²) in [4.78, 5) is 26.3. The molecule has 3 N–H and O–H groups in total. The molecule has 0 aromatic rings. The number of carbonyl (C=O) groups is 2. The van der Waals surface area contributed by atoms with Crippen molar-refractivity contribution in [1.29, 1.82) is 0 Å². The summed E-state index contributed by atoms with van der Waals surface area (Å²) in [5, 5.41) is 2.85. The normalized spacial score (nSPS) is 32.0. The molecule has 3 atom stereocenters. The van der Waals surface area contributed by atoms with Crippen LogP contribution >= 0.6 is 0 Å². The lowest BCUT2D eigenvalue weighted by Crippen LogP contribution is -2.52. The third kappa shape index (κ3) is 3.39. The van der Waals surface area contributed by atoms with Gasteiger partial charge in [0.25, 0.3) is 0 Å². The van der Waals surface area contributed by atoms with Gasteiger partial charge in [0, 0.05) is 25.0 Å². The molecule has 1 heterocycles. The Kier molecular flexibility index (Phi) is 4.91. The number of nitrogens with one attached hydrogen (secondary N) is 1. The van der Waals surface area contributed by atoms with Crippen molar-refractivity contribution in [2.75, 3.05) is 19.6 Å². The molecule has 2 fully saturated rings. The van der Waals surface area contributed by atoms with Crippen molar-refractivity contribution in [2.45, 2.75) is 52.5 Å². The molecule has 1 aliphatic carbocycles. The van der Waals surface area contributed by atoms with Crippen LogP contribution in [0.1, 0.15) is 46.5 Å². The zero-order valence-electron chi connectivity index (χ0n) is 13.5. The highest BCUT2D eigenvalue weighted by atomic mass is 16.2. The molecule has 5 nitrogen and oxygen atoms in total. The maximum atomic E-state index is 12.5. The van der Waals surface area contributed by atoms with Crippen molar-refractivity contribution in [3.8, 4) is 0 Å². The number of hydrogen-bond acceptors (Lipinski definition) is 3. The second kappa shape index (κ2) is 6.34. The monoisotopic (exact) mass is 295 g/mol. The maximum absolute atomic E-state index is 12.5. The average molecular weight is 295 g/mol. The number of carbonyl (C=O) groups excluding carboxylic acids is 2. The Bertz CT molecular complexity index is 402. The zero-order valence-corrected chi connectivity index (χ0v) is 13.5. The summed E-state index contributed by atoms with van der Waals surface area (Å²) in [6.07, 6.45) is 3.83. The molecule has 2 rings (SSSR count). The number of likely N-dealkylation sites (tertiary alicyclic amines) is 1. The Labute approximate surface area is 127 Å². The van der Waals surface area contributed by atoms with E-state index in [0.717, 1.165) is 38.8 Å². The molecule has 21 heavy (non-hydrogen) atoms. The summed E-state index contributed by atoms with van der Waals surface area (Å²) in [6, 6.07) is 0.162. The van der Waals surface area contributed by atoms with Gasteiger partial charge in [-0.2, -0.15) is 0 Å². The van der Waals surface area contributed by atoms with E-state index in [-0.39, 0.29) is 35.7 Å². The predicted octanol–water partition coefficient (Wildman–Crippen LogP) is 1.12. The van der Waals surface area contributed by atoms with Crippen molar-refractivity contribution in [3.05, 3.63) is 0 Å². The van der Waals surface area contributed by atoms with Crippen LogP contribution in [0.15, 0.2) is 0 Å². The molecule has 120 valence electrons. The fourth-order valence-corrected chi connectivity index (χ4v) is 3.68. The molecule has 0 bridgehead atoms. The Morgan fingerprint density at radius 1 is 1.24 bits per heavy atom. The first kappa shape index (κ1) is 16.3. The van der Waals surface area contributed by atoms with Gasteiger partial charge in [-0.05, 0) is 37.0 Å². The number of nitrogens with zero attached hydrogens (tertiary/aromatic N) is 1. The Morgan fingerprint density at radius 3 is 2.48 bits per heavy atom. The number of rotatable bonds is 3. The van der Waals surface area contributed by atoms with Gasteiger partial charge >= 0.3 is 0 Å². The van der Waals surface area contributed by atoms with Crippen molar-refractivity contribution in [1.82, 2.24) is 10.2 Å². The number of amides is 2. The smallest absolute Gasteiger partial charge is 0.241 e. The molecular weight excluding hydrogens is 266 g/mol. The first-order valence-corrected chi connectivity index (χ1v) is 8.15. The standard InChI is InChI=1S/C16H29N3O2/c1-11-13(17)7-6-12(16(11,2)3)15(21)18-10-14(20)19-8-4-5-9-19/h11-13H,4-10,17H2,1-3H3,(H,18,21). The van der Waals surface area contributed by atoms with Crippen LogP contribution in [0.25, 0.3) is 0 Å². The van der Waals surface area contributed by atoms with Crippen molar-refractivity contribution in [3.63, 3.8) is 0 Å². The Morgan fingerprint density at radius 2 is 1.86 bits per heavy atom. The van der Waals surface area contributed by atoms with E-state index >= 15 is 0 Å². The number of nitrogens with two attached hydrogens (primary N) is 1. The topological polar surface area (TPSA) is 75.4 Å². The molecule has 0 spiro atoms. The highest BCUT2D eigenvalue weighted by Gasteiger charge is 2.45. The van der Waals surface area contributed by atoms with Gasteiger partial charge < -0.3 is 16.0 Å². The van der Waals surface area contributed by atoms with Crippen LogP contribution in [0.5, 0.6) is 0 Å². The molecule has 0 aromatic heterocycles. The highest BCUT2D eigenvalue weighted by Crippen LogP contribution is 2.44. The molecule has 1 aliphatic heterocycles. The van der Waals surface area contributed by atoms with Gasteiger partial charge in [-0.1, -0.05) is 20.8 Å². The van der Waals surface area contributed by atoms with Crippen molar-refractivity contribution in [2.24, 2.45) is 23.0 Å². The largest absolute Gasteiger partial charge is 0.347 e. The molecule has 0 aromatic carbocycles. The van der Waals surface area contributed by atoms with E-state index in [0.29, 0.717) is 5.92 Å². The van der Waals surface area contributed by atoms with Crippen LogP contribution in [0, 0.1) is 17.3 Å². The van der Waals surface area contributed by atoms with Gasteiger partial charge in [-0.3, -0.25) is 9.59 Å². The minimum Gasteiger partial charge on any atom is -0.347 e. The van der Waals surface area contributed by atoms with Crippen LogP contribution in [0.4, 0.5) is 0 Å². The summed E-state index contributed by atoms with van der Waals surface area (Å²) in [5.41, 5.74) is 6.00. The quantitative estimate of drug-likeness (QED) is 0.819. The fourth-order valence-electron chi connectivity index (χ4n) is 3.68. The molecule has 0 radical (unpaired) electrons. The summed E-state index contributed by atoms with van der Waals surface area (Å²) in [7, 11) is 0. The van der Waals surface area contributed by atoms with E-state index < -0.39 is 0 Å². The van der Waals surface area contributed by atoms with Gasteiger partial charge in [0.15, 0.2) is 0 Å². The minimum atomic E-state index is -0.127. The van der Waals surface area contributed by atoms with Gasteiger partial charge in [0.05, 0.1) is 6.54 Å². The van der Waals surface area contributed by atoms with Crippen LogP contribution in [0.3, 0.4) is 0 Å². The molecule has 5 heteroatoms. The zero-order chi connectivity index (χ0) is 15.6. The van der Waals surface area contributed by atoms with Crippen molar-refractivity contribution >= 4 is 11.8 Å². The summed E-state index contributed by atoms with van der Waals surface area (Å²) >= 11 is 0. The first-order valence-electron chi connectivity index (χ1n) is 8.15. The van der Waals surface area contributed by atoms with E-state index in [4.69, 9.17) is 5.73 Å². The molecule has 3 unspecified atom stereocenters. The lowest BCUT2D eigenvalue weighted by atomic mass is 9.61. The SMILES string of the molecule is CC1C(N)CCC(C(=O)NCC(=O)N2CCCC2)C1(C)C. The second-order valence-electron chi connectivity index (χ2n) is 7.21. The van der Waals surface area contributed by atoms with E-state index in [1.54, 1.807) is 0 Å². The van der Waals surface area contributed by atoms with Gasteiger partial charge in [0.2, 0.25) is 11.8 Å². The predicted molar refractivity (Wildman–Crippen MR) is 82.5 cm³/mol. The van der Waals surface area contributed by atoms with Crippen LogP contribution in [-0.4, -0.2) is 42.4 Å². The summed E-state index contributed by atoms with van der Waals surface area (Å²) in [5.74, 6) is 0.292. The molecule has 2 amide bonds. The van der Waals surface area contributed by atoms with E-state index in [1.807, 2.05) is 4.90 Å². The van der Waals surface area contributed by atoms with Crippen LogP contribution < -0.4 is 11.1 Å². The van der Waals surface area contributed by atoms with E-state index in [2.05, 4.69) is 26.1 Å². The molecular formula is C16H29N3O2. The third-order valence-electron chi connectivity index (χ3n) is 5.69. The van der Waals surface area contributed by atoms with Crippen molar-refractivity contribution < 1.29 is 9.59 Å². The lowest BCUT2D eigenvalue weighted by molar-refractivity contribution is -0.137.